The molecule has 0 amide bonds. The minimum Gasteiger partial charge on any atom is -0.480 e. The number of hydrogen-bond donors (Lipinski definition) is 1. The largest absolute Gasteiger partial charge is 0.480 e. The predicted molar refractivity (Wildman–Crippen MR) is 74.2 cm³/mol. The summed E-state index contributed by atoms with van der Waals surface area (Å²) in [4.78, 5) is 11.1. The molecule has 1 N–H and O–H groups in total. The smallest absolute Gasteiger partial charge is 0.322 e. The van der Waals surface area contributed by atoms with Crippen molar-refractivity contribution in [2.45, 2.75) is 24.1 Å². The molecule has 8 heteroatoms. The molecule has 1 heterocycles. The van der Waals surface area contributed by atoms with Gasteiger partial charge in [0.25, 0.3) is 0 Å². The molecule has 1 fully saturated rings. The normalized spacial score (nSPS) is 23.9. The van der Waals surface area contributed by atoms with Gasteiger partial charge in [-0.2, -0.15) is 4.31 Å². The van der Waals surface area contributed by atoms with Gasteiger partial charge in [0.05, 0.1) is 11.1 Å². The zero-order valence-electron chi connectivity index (χ0n) is 10.7. The van der Waals surface area contributed by atoms with Crippen molar-refractivity contribution in [1.82, 2.24) is 4.31 Å². The number of benzene rings is 1. The molecule has 110 valence electrons. The summed E-state index contributed by atoms with van der Waals surface area (Å²) < 4.78 is 38.6. The Balaban J connectivity index is 2.25. The molecule has 1 saturated heterocycles. The first-order valence-corrected chi connectivity index (χ1v) is 8.57. The van der Waals surface area contributed by atoms with Gasteiger partial charge in [-0.05, 0) is 24.6 Å². The number of thioether (sulfide) groups is 1. The van der Waals surface area contributed by atoms with E-state index in [1.807, 2.05) is 0 Å². The van der Waals surface area contributed by atoms with Gasteiger partial charge in [0.1, 0.15) is 11.9 Å². The highest BCUT2D eigenvalue weighted by Gasteiger charge is 2.43. The van der Waals surface area contributed by atoms with Crippen LogP contribution < -0.4 is 0 Å². The van der Waals surface area contributed by atoms with Crippen LogP contribution in [0.1, 0.15) is 12.5 Å². The van der Waals surface area contributed by atoms with Crippen molar-refractivity contribution >= 4 is 27.8 Å². The number of hydrogen-bond acceptors (Lipinski definition) is 4. The lowest BCUT2D eigenvalue weighted by atomic mass is 10.2. The van der Waals surface area contributed by atoms with E-state index in [1.165, 1.54) is 36.0 Å². The minimum absolute atomic E-state index is 0.235. The summed E-state index contributed by atoms with van der Waals surface area (Å²) in [5, 5.41) is 8.68. The van der Waals surface area contributed by atoms with Gasteiger partial charge >= 0.3 is 5.97 Å². The van der Waals surface area contributed by atoms with Crippen LogP contribution in [0.15, 0.2) is 24.3 Å². The second-order valence-electron chi connectivity index (χ2n) is 4.50. The monoisotopic (exact) mass is 319 g/mol. The van der Waals surface area contributed by atoms with E-state index in [-0.39, 0.29) is 11.5 Å². The van der Waals surface area contributed by atoms with Crippen LogP contribution in [0.3, 0.4) is 0 Å². The lowest BCUT2D eigenvalue weighted by molar-refractivity contribution is -0.140. The number of carbonyl (C=O) groups is 1. The Morgan fingerprint density at radius 2 is 2.05 bits per heavy atom. The minimum atomic E-state index is -3.76. The predicted octanol–water partition coefficient (Wildman–Crippen LogP) is 1.50. The Morgan fingerprint density at radius 1 is 1.45 bits per heavy atom. The highest BCUT2D eigenvalue weighted by Crippen LogP contribution is 2.32. The molecule has 2 atom stereocenters. The van der Waals surface area contributed by atoms with E-state index in [9.17, 15) is 17.6 Å². The zero-order valence-corrected chi connectivity index (χ0v) is 12.3. The van der Waals surface area contributed by atoms with Gasteiger partial charge in [-0.1, -0.05) is 12.1 Å². The van der Waals surface area contributed by atoms with Crippen LogP contribution in [-0.4, -0.2) is 41.0 Å². The fraction of sp³-hybridized carbons (Fsp3) is 0.417. The van der Waals surface area contributed by atoms with E-state index in [0.29, 0.717) is 5.56 Å². The number of carboxylic acids is 1. The maximum Gasteiger partial charge on any atom is 0.322 e. The molecular weight excluding hydrogens is 305 g/mol. The molecule has 1 aromatic carbocycles. The fourth-order valence-electron chi connectivity index (χ4n) is 2.10. The van der Waals surface area contributed by atoms with Gasteiger partial charge in [0.15, 0.2) is 0 Å². The maximum absolute atomic E-state index is 12.8. The van der Waals surface area contributed by atoms with E-state index in [1.54, 1.807) is 6.92 Å². The Morgan fingerprint density at radius 3 is 2.60 bits per heavy atom. The average molecular weight is 319 g/mol. The summed E-state index contributed by atoms with van der Waals surface area (Å²) in [6, 6.07) is 4.09. The van der Waals surface area contributed by atoms with Gasteiger partial charge in [0.2, 0.25) is 10.0 Å². The standard InChI is InChI=1S/C12H14FNO4S2/c1-8-14(11(6-19-8)12(15)16)20(17,18)7-9-2-4-10(13)5-3-9/h2-5,8,11H,6-7H2,1H3,(H,15,16). The van der Waals surface area contributed by atoms with Gasteiger partial charge in [-0.25, -0.2) is 12.8 Å². The summed E-state index contributed by atoms with van der Waals surface area (Å²) in [5.41, 5.74) is 0.430. The van der Waals surface area contributed by atoms with Crippen LogP contribution in [-0.2, 0) is 20.6 Å². The summed E-state index contributed by atoms with van der Waals surface area (Å²) in [7, 11) is -3.76. The summed E-state index contributed by atoms with van der Waals surface area (Å²) >= 11 is 1.29. The number of nitrogens with zero attached hydrogens (tertiary/aromatic N) is 1. The highest BCUT2D eigenvalue weighted by molar-refractivity contribution is 8.01. The van der Waals surface area contributed by atoms with Crippen LogP contribution in [0.4, 0.5) is 4.39 Å². The lowest BCUT2D eigenvalue weighted by Crippen LogP contribution is -2.45. The van der Waals surface area contributed by atoms with E-state index in [0.717, 1.165) is 4.31 Å². The lowest BCUT2D eigenvalue weighted by Gasteiger charge is -2.24. The van der Waals surface area contributed by atoms with Gasteiger partial charge in [0, 0.05) is 5.75 Å². The molecule has 1 aromatic rings. The van der Waals surface area contributed by atoms with Gasteiger partial charge in [-0.15, -0.1) is 11.8 Å². The van der Waals surface area contributed by atoms with Crippen molar-refractivity contribution < 1.29 is 22.7 Å². The van der Waals surface area contributed by atoms with Crippen molar-refractivity contribution in [2.75, 3.05) is 5.75 Å². The van der Waals surface area contributed by atoms with E-state index < -0.39 is 33.2 Å². The third kappa shape index (κ3) is 3.13. The molecule has 0 radical (unpaired) electrons. The van der Waals surface area contributed by atoms with E-state index >= 15 is 0 Å². The van der Waals surface area contributed by atoms with Crippen LogP contribution in [0, 0.1) is 5.82 Å². The van der Waals surface area contributed by atoms with E-state index in [2.05, 4.69) is 0 Å². The van der Waals surface area contributed by atoms with Crippen LogP contribution in [0.25, 0.3) is 0 Å². The zero-order chi connectivity index (χ0) is 14.9. The summed E-state index contributed by atoms with van der Waals surface area (Å²) in [6.45, 7) is 1.66. The molecule has 2 rings (SSSR count). The second kappa shape index (κ2) is 5.71. The molecule has 0 bridgehead atoms. The third-order valence-electron chi connectivity index (χ3n) is 3.03. The number of aliphatic carboxylic acids is 1. The van der Waals surface area contributed by atoms with Crippen LogP contribution in [0.5, 0.6) is 0 Å². The molecule has 5 nitrogen and oxygen atoms in total. The first kappa shape index (κ1) is 15.3. The molecule has 1 aliphatic heterocycles. The first-order valence-electron chi connectivity index (χ1n) is 5.91. The van der Waals surface area contributed by atoms with Gasteiger partial charge < -0.3 is 5.11 Å². The average Bonchev–Trinajstić information content (AvgIpc) is 2.75. The Bertz CT molecular complexity index is 602. The Hall–Kier alpha value is -1.12. The summed E-state index contributed by atoms with van der Waals surface area (Å²) in [6.07, 6.45) is 0. The molecule has 0 saturated carbocycles. The Labute approximate surface area is 120 Å². The number of rotatable bonds is 4. The molecular formula is C12H14FNO4S2. The fourth-order valence-corrected chi connectivity index (χ4v) is 5.59. The Kier molecular flexibility index (Phi) is 4.36. The second-order valence-corrected chi connectivity index (χ2v) is 7.72. The van der Waals surface area contributed by atoms with Gasteiger partial charge in [-0.3, -0.25) is 4.79 Å². The number of carboxylic acid groups (broad SMARTS) is 1. The number of sulfonamides is 1. The van der Waals surface area contributed by atoms with Crippen molar-refractivity contribution in [3.63, 3.8) is 0 Å². The van der Waals surface area contributed by atoms with Crippen molar-refractivity contribution in [3.05, 3.63) is 35.6 Å². The first-order chi connectivity index (χ1) is 9.31. The molecule has 1 aliphatic rings. The highest BCUT2D eigenvalue weighted by atomic mass is 32.2. The quantitative estimate of drug-likeness (QED) is 0.910. The molecule has 0 aromatic heterocycles. The van der Waals surface area contributed by atoms with Crippen LogP contribution >= 0.6 is 11.8 Å². The third-order valence-corrected chi connectivity index (χ3v) is 6.29. The molecule has 20 heavy (non-hydrogen) atoms. The van der Waals surface area contributed by atoms with Crippen LogP contribution in [0.2, 0.25) is 0 Å². The number of halogens is 1. The van der Waals surface area contributed by atoms with Crippen molar-refractivity contribution in [3.8, 4) is 0 Å². The molecule has 0 spiro atoms. The maximum atomic E-state index is 12.8. The van der Waals surface area contributed by atoms with Crippen molar-refractivity contribution in [2.24, 2.45) is 0 Å². The SMILES string of the molecule is CC1SCC(C(=O)O)N1S(=O)(=O)Cc1ccc(F)cc1. The molecule has 2 unspecified atom stereocenters. The molecule has 0 aliphatic carbocycles. The van der Waals surface area contributed by atoms with Crippen molar-refractivity contribution in [1.29, 1.82) is 0 Å². The van der Waals surface area contributed by atoms with E-state index in [4.69, 9.17) is 5.11 Å². The summed E-state index contributed by atoms with van der Waals surface area (Å²) in [5.74, 6) is -1.69. The topological polar surface area (TPSA) is 74.7 Å².